The van der Waals surface area contributed by atoms with Crippen molar-refractivity contribution in [2.24, 2.45) is 5.84 Å². The van der Waals surface area contributed by atoms with Gasteiger partial charge in [0.15, 0.2) is 0 Å². The molecule has 0 aromatic heterocycles. The Morgan fingerprint density at radius 3 is 2.71 bits per heavy atom. The fourth-order valence-electron chi connectivity index (χ4n) is 1.88. The summed E-state index contributed by atoms with van der Waals surface area (Å²) >= 11 is 5.87. The summed E-state index contributed by atoms with van der Waals surface area (Å²) in [5, 5.41) is 11.6. The molecule has 0 aliphatic carbocycles. The SMILES string of the molecule is Cc1cc(Cl)ccc1OCc1ccc(NN)c([N+](=O)[O-])c1. The van der Waals surface area contributed by atoms with Crippen molar-refractivity contribution < 1.29 is 9.66 Å². The molecule has 2 aromatic carbocycles. The Kier molecular flexibility index (Phi) is 4.62. The third kappa shape index (κ3) is 3.62. The summed E-state index contributed by atoms with van der Waals surface area (Å²) in [6, 6.07) is 9.98. The molecular formula is C14H14ClN3O3. The Balaban J connectivity index is 2.16. The van der Waals surface area contributed by atoms with Gasteiger partial charge >= 0.3 is 0 Å². The summed E-state index contributed by atoms with van der Waals surface area (Å²) in [7, 11) is 0. The lowest BCUT2D eigenvalue weighted by Gasteiger charge is -2.10. The number of benzene rings is 2. The van der Waals surface area contributed by atoms with Gasteiger partial charge in [-0.3, -0.25) is 16.0 Å². The third-order valence-corrected chi connectivity index (χ3v) is 3.18. The highest BCUT2D eigenvalue weighted by Gasteiger charge is 2.14. The van der Waals surface area contributed by atoms with Crippen LogP contribution < -0.4 is 16.0 Å². The average Bonchev–Trinajstić information content (AvgIpc) is 2.46. The zero-order chi connectivity index (χ0) is 15.4. The lowest BCUT2D eigenvalue weighted by atomic mass is 10.2. The van der Waals surface area contributed by atoms with E-state index in [0.717, 1.165) is 5.56 Å². The standard InChI is InChI=1S/C14H14ClN3O3/c1-9-6-11(15)3-5-14(9)21-8-10-2-4-12(17-16)13(7-10)18(19)20/h2-7,17H,8,16H2,1H3. The Morgan fingerprint density at radius 2 is 2.10 bits per heavy atom. The number of aryl methyl sites for hydroxylation is 1. The van der Waals surface area contributed by atoms with Gasteiger partial charge in [-0.25, -0.2) is 0 Å². The number of nitrogens with two attached hydrogens (primary N) is 1. The average molecular weight is 308 g/mol. The van der Waals surface area contributed by atoms with Gasteiger partial charge in [-0.2, -0.15) is 0 Å². The van der Waals surface area contributed by atoms with E-state index in [-0.39, 0.29) is 18.0 Å². The van der Waals surface area contributed by atoms with E-state index in [1.807, 2.05) is 6.92 Å². The lowest BCUT2D eigenvalue weighted by molar-refractivity contribution is -0.384. The van der Waals surface area contributed by atoms with E-state index in [0.29, 0.717) is 16.3 Å². The molecule has 7 heteroatoms. The number of hydrazine groups is 1. The first kappa shape index (κ1) is 15.1. The molecule has 0 atom stereocenters. The zero-order valence-corrected chi connectivity index (χ0v) is 12.1. The van der Waals surface area contributed by atoms with Crippen molar-refractivity contribution in [1.82, 2.24) is 0 Å². The van der Waals surface area contributed by atoms with Crippen molar-refractivity contribution >= 4 is 23.0 Å². The second kappa shape index (κ2) is 6.43. The number of nitrogens with zero attached hydrogens (tertiary/aromatic N) is 1. The monoisotopic (exact) mass is 307 g/mol. The number of rotatable bonds is 5. The van der Waals surface area contributed by atoms with Crippen LogP contribution >= 0.6 is 11.6 Å². The van der Waals surface area contributed by atoms with Crippen LogP contribution in [0.4, 0.5) is 11.4 Å². The molecule has 0 radical (unpaired) electrons. The van der Waals surface area contributed by atoms with Crippen LogP contribution in [-0.4, -0.2) is 4.92 Å². The molecule has 0 saturated heterocycles. The summed E-state index contributed by atoms with van der Waals surface area (Å²) in [5.41, 5.74) is 4.04. The summed E-state index contributed by atoms with van der Waals surface area (Å²) in [6.07, 6.45) is 0. The molecule has 0 aliphatic heterocycles. The number of hydrogen-bond acceptors (Lipinski definition) is 5. The van der Waals surface area contributed by atoms with Gasteiger partial charge in [0.25, 0.3) is 5.69 Å². The van der Waals surface area contributed by atoms with Crippen molar-refractivity contribution in [3.05, 3.63) is 62.7 Å². The zero-order valence-electron chi connectivity index (χ0n) is 11.3. The minimum absolute atomic E-state index is 0.0913. The van der Waals surface area contributed by atoms with Gasteiger partial charge in [-0.15, -0.1) is 0 Å². The molecule has 2 rings (SSSR count). The molecule has 0 amide bonds. The second-order valence-electron chi connectivity index (χ2n) is 4.45. The fourth-order valence-corrected chi connectivity index (χ4v) is 2.10. The van der Waals surface area contributed by atoms with Crippen LogP contribution in [0.1, 0.15) is 11.1 Å². The summed E-state index contributed by atoms with van der Waals surface area (Å²) in [6.45, 7) is 2.10. The minimum atomic E-state index is -0.494. The minimum Gasteiger partial charge on any atom is -0.489 e. The number of halogens is 1. The molecule has 0 bridgehead atoms. The van der Waals surface area contributed by atoms with E-state index < -0.39 is 4.92 Å². The van der Waals surface area contributed by atoms with Gasteiger partial charge < -0.3 is 10.2 Å². The molecule has 0 spiro atoms. The number of nitro groups is 1. The van der Waals surface area contributed by atoms with Gasteiger partial charge in [0, 0.05) is 11.1 Å². The molecule has 110 valence electrons. The molecule has 2 aromatic rings. The Morgan fingerprint density at radius 1 is 1.33 bits per heavy atom. The Labute approximate surface area is 126 Å². The van der Waals surface area contributed by atoms with Crippen molar-refractivity contribution in [2.75, 3.05) is 5.43 Å². The van der Waals surface area contributed by atoms with Crippen LogP contribution in [0.25, 0.3) is 0 Å². The van der Waals surface area contributed by atoms with Crippen LogP contribution in [0.2, 0.25) is 5.02 Å². The number of nitrogen functional groups attached to an aromatic ring is 1. The highest BCUT2D eigenvalue weighted by atomic mass is 35.5. The van der Waals surface area contributed by atoms with Crippen LogP contribution in [0.15, 0.2) is 36.4 Å². The first-order valence-electron chi connectivity index (χ1n) is 6.14. The fraction of sp³-hybridized carbons (Fsp3) is 0.143. The normalized spacial score (nSPS) is 10.2. The van der Waals surface area contributed by atoms with Crippen molar-refractivity contribution in [2.45, 2.75) is 13.5 Å². The predicted molar refractivity (Wildman–Crippen MR) is 81.4 cm³/mol. The summed E-state index contributed by atoms with van der Waals surface area (Å²) in [5.74, 6) is 5.92. The van der Waals surface area contributed by atoms with E-state index in [1.54, 1.807) is 30.3 Å². The lowest BCUT2D eigenvalue weighted by Crippen LogP contribution is -2.09. The van der Waals surface area contributed by atoms with Gasteiger partial charge in [-0.05, 0) is 42.3 Å². The van der Waals surface area contributed by atoms with E-state index in [1.165, 1.54) is 6.07 Å². The first-order chi connectivity index (χ1) is 10.0. The molecular weight excluding hydrogens is 294 g/mol. The maximum absolute atomic E-state index is 11.0. The molecule has 21 heavy (non-hydrogen) atoms. The number of nitrogens with one attached hydrogen (secondary N) is 1. The summed E-state index contributed by atoms with van der Waals surface area (Å²) in [4.78, 5) is 10.5. The van der Waals surface area contributed by atoms with Gasteiger partial charge in [0.2, 0.25) is 0 Å². The van der Waals surface area contributed by atoms with E-state index in [4.69, 9.17) is 22.2 Å². The molecule has 0 aliphatic rings. The number of nitro benzene ring substituents is 1. The van der Waals surface area contributed by atoms with Crippen LogP contribution in [0, 0.1) is 17.0 Å². The molecule has 0 unspecified atom stereocenters. The molecule has 0 saturated carbocycles. The van der Waals surface area contributed by atoms with Crippen LogP contribution in [-0.2, 0) is 6.61 Å². The molecule has 0 fully saturated rings. The highest BCUT2D eigenvalue weighted by Crippen LogP contribution is 2.26. The van der Waals surface area contributed by atoms with Gasteiger partial charge in [-0.1, -0.05) is 17.7 Å². The largest absolute Gasteiger partial charge is 0.489 e. The van der Waals surface area contributed by atoms with Crippen LogP contribution in [0.3, 0.4) is 0 Å². The van der Waals surface area contributed by atoms with Gasteiger partial charge in [0.1, 0.15) is 18.0 Å². The third-order valence-electron chi connectivity index (χ3n) is 2.95. The first-order valence-corrected chi connectivity index (χ1v) is 6.52. The van der Waals surface area contributed by atoms with Crippen molar-refractivity contribution in [3.8, 4) is 5.75 Å². The number of hydrogen-bond donors (Lipinski definition) is 2. The van der Waals surface area contributed by atoms with E-state index in [9.17, 15) is 10.1 Å². The smallest absolute Gasteiger partial charge is 0.294 e. The molecule has 0 heterocycles. The summed E-state index contributed by atoms with van der Waals surface area (Å²) < 4.78 is 5.65. The van der Waals surface area contributed by atoms with Crippen molar-refractivity contribution in [3.63, 3.8) is 0 Å². The Hall–Kier alpha value is -2.31. The van der Waals surface area contributed by atoms with E-state index in [2.05, 4.69) is 5.43 Å². The molecule has 3 N–H and O–H groups in total. The maximum Gasteiger partial charge on any atom is 0.294 e. The Bertz CT molecular complexity index is 677. The number of anilines is 1. The highest BCUT2D eigenvalue weighted by molar-refractivity contribution is 6.30. The topological polar surface area (TPSA) is 90.4 Å². The maximum atomic E-state index is 11.0. The van der Waals surface area contributed by atoms with Gasteiger partial charge in [0.05, 0.1) is 4.92 Å². The van der Waals surface area contributed by atoms with Crippen LogP contribution in [0.5, 0.6) is 5.75 Å². The quantitative estimate of drug-likeness (QED) is 0.502. The predicted octanol–water partition coefficient (Wildman–Crippen LogP) is 3.42. The number of ether oxygens (including phenoxy) is 1. The molecule has 6 nitrogen and oxygen atoms in total. The van der Waals surface area contributed by atoms with Crippen molar-refractivity contribution in [1.29, 1.82) is 0 Å². The second-order valence-corrected chi connectivity index (χ2v) is 4.89. The van der Waals surface area contributed by atoms with E-state index >= 15 is 0 Å².